The minimum absolute atomic E-state index is 0.134. The number of fused-ring (bicyclic) bond motifs is 2. The van der Waals surface area contributed by atoms with Crippen LogP contribution in [0.25, 0.3) is 6.08 Å². The highest BCUT2D eigenvalue weighted by Crippen LogP contribution is 2.26. The number of cyclic esters (lactones) is 1. The fraction of sp³-hybridized carbons (Fsp3) is 0.463. The lowest BCUT2D eigenvalue weighted by Crippen LogP contribution is -2.38. The van der Waals surface area contributed by atoms with Gasteiger partial charge in [0.2, 0.25) is 0 Å². The van der Waals surface area contributed by atoms with E-state index in [0.717, 1.165) is 5.57 Å². The Hall–Kier alpha value is -3.86. The van der Waals surface area contributed by atoms with Crippen molar-refractivity contribution >= 4 is 12.0 Å². The maximum absolute atomic E-state index is 12.8. The molecular weight excluding hydrogens is 634 g/mol. The van der Waals surface area contributed by atoms with Crippen LogP contribution in [0, 0.1) is 17.8 Å². The number of methoxy groups -OCH3 is 1. The molecule has 0 spiro atoms. The minimum Gasteiger partial charge on any atom is -0.458 e. The van der Waals surface area contributed by atoms with Crippen molar-refractivity contribution in [2.45, 2.75) is 96.9 Å². The minimum atomic E-state index is -0.873. The average molecular weight is 692 g/mol. The number of aromatic nitrogens is 1. The molecule has 0 amide bonds. The first-order chi connectivity index (χ1) is 23.8. The number of carbonyl (C=O) groups is 1. The molecule has 4 N–H and O–H groups in total. The molecule has 2 bridgehead atoms. The van der Waals surface area contributed by atoms with E-state index in [-0.39, 0.29) is 30.3 Å². The molecule has 274 valence electrons. The molecule has 0 saturated carbocycles. The van der Waals surface area contributed by atoms with Gasteiger partial charge in [0.05, 0.1) is 36.4 Å². The first kappa shape index (κ1) is 42.3. The third-order valence-electron chi connectivity index (χ3n) is 8.50. The number of hydrogen-bond acceptors (Lipinski definition) is 9. The van der Waals surface area contributed by atoms with Crippen molar-refractivity contribution in [1.29, 1.82) is 0 Å². The summed E-state index contributed by atoms with van der Waals surface area (Å²) in [6.07, 6.45) is 27.9. The number of oxazole rings is 1. The lowest BCUT2D eigenvalue weighted by molar-refractivity contribution is -0.150. The van der Waals surface area contributed by atoms with Crippen LogP contribution in [0.5, 0.6) is 0 Å². The summed E-state index contributed by atoms with van der Waals surface area (Å²) in [4.78, 5) is 17.3. The standard InChI is InChI=1S/C41H57NO8/c1-28-18-12-8-11-15-23-39(47)50-40(32(5)37(46)25-31(4)43)29(2)19-13-9-10-14-21-35(44)26-38(48-7)33(6)41-42-34(27-49-41)20-16-17-22-36(45)30(3)24-28/h8-24,27,29-33,35-38,40,43-46H,25-26H2,1-7H3/b10-9-,11-8-,18-12-,19-13-,20-16-,21-14-,22-17-,23-15-,28-24-/t29-,30+,31+,32-,33+,35-,36-,37-,38+,40-/m0/s1. The average Bonchev–Trinajstić information content (AvgIpc) is 3.55. The number of esters is 1. The van der Waals surface area contributed by atoms with Gasteiger partial charge in [-0.25, -0.2) is 9.78 Å². The summed E-state index contributed by atoms with van der Waals surface area (Å²) in [6.45, 7) is 11.1. The first-order valence-electron chi connectivity index (χ1n) is 17.3. The van der Waals surface area contributed by atoms with E-state index < -0.39 is 42.4 Å². The largest absolute Gasteiger partial charge is 0.458 e. The second-order valence-electron chi connectivity index (χ2n) is 13.0. The Morgan fingerprint density at radius 1 is 0.860 bits per heavy atom. The fourth-order valence-corrected chi connectivity index (χ4v) is 5.43. The van der Waals surface area contributed by atoms with Gasteiger partial charge in [0, 0.05) is 37.4 Å². The number of ether oxygens (including phenoxy) is 2. The van der Waals surface area contributed by atoms with Crippen LogP contribution < -0.4 is 0 Å². The Labute approximate surface area is 298 Å². The van der Waals surface area contributed by atoms with Crippen molar-refractivity contribution in [2.75, 3.05) is 7.11 Å². The maximum Gasteiger partial charge on any atom is 0.331 e. The van der Waals surface area contributed by atoms with Gasteiger partial charge >= 0.3 is 5.97 Å². The van der Waals surface area contributed by atoms with Crippen LogP contribution in [-0.2, 0) is 14.3 Å². The predicted octanol–water partition coefficient (Wildman–Crippen LogP) is 6.72. The molecule has 0 aliphatic carbocycles. The molecule has 2 rings (SSSR count). The quantitative estimate of drug-likeness (QED) is 0.248. The number of rotatable bonds is 5. The van der Waals surface area contributed by atoms with Crippen LogP contribution in [-0.4, -0.2) is 75.1 Å². The van der Waals surface area contributed by atoms with Crippen molar-refractivity contribution in [2.24, 2.45) is 17.8 Å². The molecule has 0 unspecified atom stereocenters. The van der Waals surface area contributed by atoms with E-state index in [1.54, 1.807) is 94.1 Å². The molecule has 50 heavy (non-hydrogen) atoms. The van der Waals surface area contributed by atoms with Crippen LogP contribution in [0.2, 0.25) is 0 Å². The highest BCUT2D eigenvalue weighted by Gasteiger charge is 2.31. The van der Waals surface area contributed by atoms with Crippen LogP contribution in [0.15, 0.2) is 113 Å². The van der Waals surface area contributed by atoms with E-state index in [0.29, 0.717) is 18.0 Å². The van der Waals surface area contributed by atoms with Crippen LogP contribution in [0.3, 0.4) is 0 Å². The van der Waals surface area contributed by atoms with E-state index in [2.05, 4.69) is 4.98 Å². The van der Waals surface area contributed by atoms with E-state index in [4.69, 9.17) is 13.9 Å². The summed E-state index contributed by atoms with van der Waals surface area (Å²) in [6, 6.07) is 0. The number of carbonyl (C=O) groups excluding carboxylic acids is 1. The second-order valence-corrected chi connectivity index (χ2v) is 13.0. The van der Waals surface area contributed by atoms with Gasteiger partial charge in [0.1, 0.15) is 18.1 Å². The summed E-state index contributed by atoms with van der Waals surface area (Å²) in [5.74, 6) is -1.10. The fourth-order valence-electron chi connectivity index (χ4n) is 5.43. The second kappa shape index (κ2) is 22.8. The number of allylic oxidation sites excluding steroid dienone is 12. The van der Waals surface area contributed by atoms with Crippen LogP contribution >= 0.6 is 0 Å². The molecule has 2 heterocycles. The van der Waals surface area contributed by atoms with E-state index in [1.165, 1.54) is 6.08 Å². The van der Waals surface area contributed by atoms with E-state index in [9.17, 15) is 25.2 Å². The van der Waals surface area contributed by atoms with Gasteiger partial charge in [-0.15, -0.1) is 0 Å². The van der Waals surface area contributed by atoms with Crippen molar-refractivity contribution in [3.63, 3.8) is 0 Å². The van der Waals surface area contributed by atoms with Crippen LogP contribution in [0.1, 0.15) is 71.9 Å². The van der Waals surface area contributed by atoms with Gasteiger partial charge in [0.25, 0.3) is 0 Å². The number of hydrogen-bond donors (Lipinski definition) is 4. The first-order valence-corrected chi connectivity index (χ1v) is 17.3. The zero-order valence-electron chi connectivity index (χ0n) is 30.4. The Morgan fingerprint density at radius 3 is 2.16 bits per heavy atom. The SMILES string of the molecule is CO[C@@H]1C[C@@H](O)\C=C/C=C\C=C/[C@H](C)[C@@H]([C@@H](C)[C@@H](O)C[C@@H](C)O)OC(=O)\C=C/C=C\C=C/C(C)=C\[C@@H](C)[C@@H](O)/C=C\C=C/c2coc(n2)[C@@H]1C. The third kappa shape index (κ3) is 15.8. The lowest BCUT2D eigenvalue weighted by Gasteiger charge is -2.31. The number of nitrogens with zero attached hydrogens (tertiary/aromatic N) is 1. The molecule has 9 nitrogen and oxygen atoms in total. The molecule has 1 aliphatic heterocycles. The summed E-state index contributed by atoms with van der Waals surface area (Å²) in [7, 11) is 1.59. The number of aliphatic hydroxyl groups is 4. The van der Waals surface area contributed by atoms with Crippen molar-refractivity contribution in [3.05, 3.63) is 121 Å². The summed E-state index contributed by atoms with van der Waals surface area (Å²) < 4.78 is 17.2. The monoisotopic (exact) mass is 691 g/mol. The molecule has 1 aliphatic rings. The summed E-state index contributed by atoms with van der Waals surface area (Å²) in [5, 5.41) is 41.8. The molecule has 10 atom stereocenters. The zero-order chi connectivity index (χ0) is 37.1. The Balaban J connectivity index is 2.33. The molecule has 1 aromatic heterocycles. The van der Waals surface area contributed by atoms with E-state index in [1.807, 2.05) is 58.1 Å². The molecule has 9 heteroatoms. The zero-order valence-corrected chi connectivity index (χ0v) is 30.4. The van der Waals surface area contributed by atoms with Gasteiger partial charge in [-0.05, 0) is 26.3 Å². The Morgan fingerprint density at radius 2 is 1.48 bits per heavy atom. The molecule has 0 aromatic carbocycles. The number of aliphatic hydroxyl groups excluding tert-OH is 4. The van der Waals surface area contributed by atoms with Gasteiger partial charge < -0.3 is 34.3 Å². The smallest absolute Gasteiger partial charge is 0.331 e. The van der Waals surface area contributed by atoms with Gasteiger partial charge in [-0.3, -0.25) is 0 Å². The van der Waals surface area contributed by atoms with Crippen LogP contribution in [0.4, 0.5) is 0 Å². The lowest BCUT2D eigenvalue weighted by atomic mass is 9.86. The highest BCUT2D eigenvalue weighted by atomic mass is 16.5. The molecule has 0 saturated heterocycles. The molecule has 0 fully saturated rings. The van der Waals surface area contributed by atoms with Gasteiger partial charge in [0.15, 0.2) is 5.89 Å². The topological polar surface area (TPSA) is 142 Å². The van der Waals surface area contributed by atoms with Gasteiger partial charge in [-0.1, -0.05) is 124 Å². The molecule has 0 radical (unpaired) electrons. The predicted molar refractivity (Wildman–Crippen MR) is 199 cm³/mol. The van der Waals surface area contributed by atoms with Crippen molar-refractivity contribution in [3.8, 4) is 0 Å². The van der Waals surface area contributed by atoms with Gasteiger partial charge in [-0.2, -0.15) is 0 Å². The Bertz CT molecular complexity index is 1430. The molecule has 1 aromatic rings. The molecular formula is C41H57NO8. The van der Waals surface area contributed by atoms with Crippen molar-refractivity contribution in [1.82, 2.24) is 4.98 Å². The summed E-state index contributed by atoms with van der Waals surface area (Å²) >= 11 is 0. The van der Waals surface area contributed by atoms with E-state index >= 15 is 0 Å². The normalized spacial score (nSPS) is 34.6. The third-order valence-corrected chi connectivity index (χ3v) is 8.50. The highest BCUT2D eigenvalue weighted by molar-refractivity contribution is 5.82. The Kier molecular flexibility index (Phi) is 19.3. The summed E-state index contributed by atoms with van der Waals surface area (Å²) in [5.41, 5.74) is 1.60. The maximum atomic E-state index is 12.8. The van der Waals surface area contributed by atoms with Crippen molar-refractivity contribution < 1.29 is 39.1 Å².